The number of aliphatic imine (C=N–C) groups is 1. The van der Waals surface area contributed by atoms with Gasteiger partial charge in [-0.1, -0.05) is 32.0 Å². The molecule has 1 atom stereocenters. The van der Waals surface area contributed by atoms with Crippen LogP contribution < -0.4 is 10.2 Å². The molecule has 6 nitrogen and oxygen atoms in total. The standard InChI is InChI=1S/C22H38N6/c1-4-25-10-12-26(13-11-25)19-20(2)18-24-22(23-3)28-16-14-27(15-17-28)21-8-6-5-7-9-21/h5-9,20H,4,10-19H2,1-3H3,(H,23,24). The van der Waals surface area contributed by atoms with Gasteiger partial charge in [0.1, 0.15) is 0 Å². The SMILES string of the molecule is CCN1CCN(CC(C)CNC(=NC)N2CCN(c3ccccc3)CC2)CC1. The molecule has 1 unspecified atom stereocenters. The first-order valence-electron chi connectivity index (χ1n) is 10.9. The Morgan fingerprint density at radius 1 is 0.964 bits per heavy atom. The molecule has 2 heterocycles. The number of benzene rings is 1. The van der Waals surface area contributed by atoms with E-state index in [2.05, 4.69) is 74.1 Å². The van der Waals surface area contributed by atoms with E-state index in [1.807, 2.05) is 7.05 Å². The third-order valence-corrected chi connectivity index (χ3v) is 6.00. The number of nitrogens with one attached hydrogen (secondary N) is 1. The molecule has 0 aromatic heterocycles. The predicted octanol–water partition coefficient (Wildman–Crippen LogP) is 1.66. The Morgan fingerprint density at radius 2 is 1.61 bits per heavy atom. The lowest BCUT2D eigenvalue weighted by Crippen LogP contribution is -2.53. The van der Waals surface area contributed by atoms with Gasteiger partial charge in [0.25, 0.3) is 0 Å². The van der Waals surface area contributed by atoms with Gasteiger partial charge < -0.3 is 24.9 Å². The Kier molecular flexibility index (Phi) is 7.98. The van der Waals surface area contributed by atoms with Gasteiger partial charge in [0.05, 0.1) is 0 Å². The summed E-state index contributed by atoms with van der Waals surface area (Å²) in [6.45, 7) is 16.9. The second kappa shape index (κ2) is 10.7. The fourth-order valence-electron chi connectivity index (χ4n) is 4.21. The highest BCUT2D eigenvalue weighted by atomic mass is 15.3. The summed E-state index contributed by atoms with van der Waals surface area (Å²) in [6.07, 6.45) is 0. The van der Waals surface area contributed by atoms with Crippen LogP contribution in [-0.4, -0.2) is 99.7 Å². The molecule has 28 heavy (non-hydrogen) atoms. The van der Waals surface area contributed by atoms with E-state index in [-0.39, 0.29) is 0 Å². The largest absolute Gasteiger partial charge is 0.368 e. The maximum absolute atomic E-state index is 4.54. The number of para-hydroxylation sites is 1. The smallest absolute Gasteiger partial charge is 0.193 e. The van der Waals surface area contributed by atoms with Gasteiger partial charge in [-0.3, -0.25) is 4.99 Å². The van der Waals surface area contributed by atoms with Crippen LogP contribution in [0.15, 0.2) is 35.3 Å². The third-order valence-electron chi connectivity index (χ3n) is 6.00. The molecule has 1 N–H and O–H groups in total. The molecule has 2 saturated heterocycles. The predicted molar refractivity (Wildman–Crippen MR) is 119 cm³/mol. The molecular formula is C22H38N6. The zero-order valence-electron chi connectivity index (χ0n) is 18.0. The molecule has 2 aliphatic heterocycles. The number of piperazine rings is 2. The second-order valence-corrected chi connectivity index (χ2v) is 8.08. The maximum Gasteiger partial charge on any atom is 0.193 e. The molecular weight excluding hydrogens is 348 g/mol. The lowest BCUT2D eigenvalue weighted by molar-refractivity contribution is 0.124. The minimum absolute atomic E-state index is 0.621. The van der Waals surface area contributed by atoms with Crippen molar-refractivity contribution in [3.8, 4) is 0 Å². The summed E-state index contributed by atoms with van der Waals surface area (Å²) in [7, 11) is 1.90. The molecule has 0 saturated carbocycles. The lowest BCUT2D eigenvalue weighted by Gasteiger charge is -2.38. The average molecular weight is 387 g/mol. The molecule has 0 bridgehead atoms. The summed E-state index contributed by atoms with van der Waals surface area (Å²) in [5, 5.41) is 3.62. The Balaban J connectivity index is 1.39. The topological polar surface area (TPSA) is 37.4 Å². The first-order valence-corrected chi connectivity index (χ1v) is 10.9. The van der Waals surface area contributed by atoms with Crippen LogP contribution in [0.25, 0.3) is 0 Å². The second-order valence-electron chi connectivity index (χ2n) is 8.08. The number of guanidine groups is 1. The van der Waals surface area contributed by atoms with E-state index in [4.69, 9.17) is 0 Å². The van der Waals surface area contributed by atoms with Gasteiger partial charge in [0, 0.05) is 78.2 Å². The van der Waals surface area contributed by atoms with E-state index in [1.165, 1.54) is 45.0 Å². The van der Waals surface area contributed by atoms with E-state index < -0.39 is 0 Å². The van der Waals surface area contributed by atoms with Crippen molar-refractivity contribution in [2.24, 2.45) is 10.9 Å². The fraction of sp³-hybridized carbons (Fsp3) is 0.682. The molecule has 156 valence electrons. The molecule has 0 radical (unpaired) electrons. The Bertz CT molecular complexity index is 588. The minimum atomic E-state index is 0.621. The number of rotatable bonds is 6. The Hall–Kier alpha value is -1.79. The van der Waals surface area contributed by atoms with E-state index >= 15 is 0 Å². The Morgan fingerprint density at radius 3 is 2.21 bits per heavy atom. The molecule has 2 fully saturated rings. The lowest BCUT2D eigenvalue weighted by atomic mass is 10.1. The van der Waals surface area contributed by atoms with Crippen LogP contribution in [0.4, 0.5) is 5.69 Å². The van der Waals surface area contributed by atoms with E-state index in [0.29, 0.717) is 5.92 Å². The highest BCUT2D eigenvalue weighted by Crippen LogP contribution is 2.15. The number of anilines is 1. The summed E-state index contributed by atoms with van der Waals surface area (Å²) >= 11 is 0. The van der Waals surface area contributed by atoms with Crippen molar-refractivity contribution in [3.63, 3.8) is 0 Å². The third kappa shape index (κ3) is 5.85. The summed E-state index contributed by atoms with van der Waals surface area (Å²) < 4.78 is 0. The van der Waals surface area contributed by atoms with Crippen molar-refractivity contribution in [2.45, 2.75) is 13.8 Å². The molecule has 1 aromatic rings. The van der Waals surface area contributed by atoms with Crippen molar-refractivity contribution in [1.82, 2.24) is 20.0 Å². The molecule has 0 aliphatic carbocycles. The molecule has 3 rings (SSSR count). The number of hydrogen-bond donors (Lipinski definition) is 1. The van der Waals surface area contributed by atoms with Crippen molar-refractivity contribution in [3.05, 3.63) is 30.3 Å². The summed E-state index contributed by atoms with van der Waals surface area (Å²) in [6, 6.07) is 10.7. The van der Waals surface area contributed by atoms with Crippen molar-refractivity contribution < 1.29 is 0 Å². The van der Waals surface area contributed by atoms with Gasteiger partial charge in [-0.05, 0) is 24.6 Å². The molecule has 2 aliphatic rings. The average Bonchev–Trinajstić information content (AvgIpc) is 2.76. The van der Waals surface area contributed by atoms with E-state index in [1.54, 1.807) is 0 Å². The normalized spacial score (nSPS) is 21.0. The van der Waals surface area contributed by atoms with Crippen LogP contribution in [-0.2, 0) is 0 Å². The summed E-state index contributed by atoms with van der Waals surface area (Å²) in [5.74, 6) is 1.67. The highest BCUT2D eigenvalue weighted by molar-refractivity contribution is 5.80. The Labute approximate surface area is 171 Å². The van der Waals surface area contributed by atoms with Crippen LogP contribution in [0.3, 0.4) is 0 Å². The van der Waals surface area contributed by atoms with E-state index in [0.717, 1.165) is 38.7 Å². The van der Waals surface area contributed by atoms with Crippen molar-refractivity contribution >= 4 is 11.6 Å². The van der Waals surface area contributed by atoms with Gasteiger partial charge in [0.2, 0.25) is 0 Å². The number of hydrogen-bond acceptors (Lipinski definition) is 4. The van der Waals surface area contributed by atoms with Gasteiger partial charge in [0.15, 0.2) is 5.96 Å². The number of nitrogens with zero attached hydrogens (tertiary/aromatic N) is 5. The number of likely N-dealkylation sites (N-methyl/N-ethyl adjacent to an activating group) is 1. The fourth-order valence-corrected chi connectivity index (χ4v) is 4.21. The van der Waals surface area contributed by atoms with Crippen LogP contribution in [0.5, 0.6) is 0 Å². The van der Waals surface area contributed by atoms with Crippen LogP contribution in [0.1, 0.15) is 13.8 Å². The van der Waals surface area contributed by atoms with Crippen molar-refractivity contribution in [1.29, 1.82) is 0 Å². The van der Waals surface area contributed by atoms with Gasteiger partial charge in [-0.15, -0.1) is 0 Å². The summed E-state index contributed by atoms with van der Waals surface area (Å²) in [4.78, 5) is 14.5. The van der Waals surface area contributed by atoms with Gasteiger partial charge in [-0.2, -0.15) is 0 Å². The molecule has 0 amide bonds. The van der Waals surface area contributed by atoms with Crippen LogP contribution >= 0.6 is 0 Å². The van der Waals surface area contributed by atoms with Gasteiger partial charge >= 0.3 is 0 Å². The first kappa shape index (κ1) is 20.9. The molecule has 0 spiro atoms. The van der Waals surface area contributed by atoms with E-state index in [9.17, 15) is 0 Å². The molecule has 6 heteroatoms. The first-order chi connectivity index (χ1) is 13.7. The van der Waals surface area contributed by atoms with Crippen LogP contribution in [0.2, 0.25) is 0 Å². The van der Waals surface area contributed by atoms with Crippen LogP contribution in [0, 0.1) is 5.92 Å². The minimum Gasteiger partial charge on any atom is -0.368 e. The maximum atomic E-state index is 4.54. The molecule has 1 aromatic carbocycles. The highest BCUT2D eigenvalue weighted by Gasteiger charge is 2.21. The van der Waals surface area contributed by atoms with Gasteiger partial charge in [-0.25, -0.2) is 0 Å². The quantitative estimate of drug-likeness (QED) is 0.595. The van der Waals surface area contributed by atoms with Crippen molar-refractivity contribution in [2.75, 3.05) is 83.9 Å². The monoisotopic (exact) mass is 386 g/mol. The zero-order chi connectivity index (χ0) is 19.8. The summed E-state index contributed by atoms with van der Waals surface area (Å²) in [5.41, 5.74) is 1.32. The zero-order valence-corrected chi connectivity index (χ0v) is 18.0.